The van der Waals surface area contributed by atoms with Crippen LogP contribution in [0.5, 0.6) is 5.88 Å². The number of hydrogen-bond donors (Lipinski definition) is 2. The van der Waals surface area contributed by atoms with E-state index in [-0.39, 0.29) is 6.10 Å². The van der Waals surface area contributed by atoms with E-state index in [0.717, 1.165) is 0 Å². The van der Waals surface area contributed by atoms with Gasteiger partial charge in [0, 0.05) is 6.07 Å². The maximum absolute atomic E-state index is 9.14. The molecule has 0 aliphatic heterocycles. The van der Waals surface area contributed by atoms with E-state index >= 15 is 0 Å². The Balaban J connectivity index is 2.16. The lowest BCUT2D eigenvalue weighted by Gasteiger charge is -2.39. The minimum Gasteiger partial charge on any atom is -0.479 e. The molecule has 1 heterocycles. The molecule has 1 aromatic heterocycles. The summed E-state index contributed by atoms with van der Waals surface area (Å²) in [6.45, 7) is 0. The van der Waals surface area contributed by atoms with Crippen LogP contribution in [0.1, 0.15) is 18.6 Å². The number of aliphatic hydroxyl groups excluding tert-OH is 1. The SMILES string of the molecule is COc1cc(C2(N)CC(O)C2)on1. The second-order valence-corrected chi connectivity index (χ2v) is 3.45. The summed E-state index contributed by atoms with van der Waals surface area (Å²) in [6, 6.07) is 1.66. The summed E-state index contributed by atoms with van der Waals surface area (Å²) >= 11 is 0. The van der Waals surface area contributed by atoms with Gasteiger partial charge in [-0.1, -0.05) is 0 Å². The van der Waals surface area contributed by atoms with Crippen molar-refractivity contribution < 1.29 is 14.4 Å². The molecule has 1 aliphatic rings. The van der Waals surface area contributed by atoms with Gasteiger partial charge in [0.1, 0.15) is 0 Å². The highest BCUT2D eigenvalue weighted by Crippen LogP contribution is 2.39. The summed E-state index contributed by atoms with van der Waals surface area (Å²) < 4.78 is 9.86. The van der Waals surface area contributed by atoms with Crippen LogP contribution < -0.4 is 10.5 Å². The first-order valence-corrected chi connectivity index (χ1v) is 4.12. The van der Waals surface area contributed by atoms with Crippen molar-refractivity contribution in [2.24, 2.45) is 5.73 Å². The van der Waals surface area contributed by atoms with Crippen LogP contribution >= 0.6 is 0 Å². The fourth-order valence-electron chi connectivity index (χ4n) is 1.57. The average Bonchev–Trinajstić information content (AvgIpc) is 2.49. The van der Waals surface area contributed by atoms with Gasteiger partial charge in [-0.15, -0.1) is 0 Å². The number of hydrogen-bond acceptors (Lipinski definition) is 5. The van der Waals surface area contributed by atoms with Crippen LogP contribution in [0.15, 0.2) is 10.6 Å². The van der Waals surface area contributed by atoms with Crippen molar-refractivity contribution in [2.45, 2.75) is 24.5 Å². The Labute approximate surface area is 75.5 Å². The van der Waals surface area contributed by atoms with Crippen LogP contribution in [-0.2, 0) is 5.54 Å². The Morgan fingerprint density at radius 3 is 2.92 bits per heavy atom. The first-order valence-electron chi connectivity index (χ1n) is 4.12. The topological polar surface area (TPSA) is 81.5 Å². The van der Waals surface area contributed by atoms with Crippen LogP contribution in [0.3, 0.4) is 0 Å². The molecule has 0 aromatic carbocycles. The zero-order chi connectivity index (χ0) is 9.47. The zero-order valence-corrected chi connectivity index (χ0v) is 7.36. The summed E-state index contributed by atoms with van der Waals surface area (Å²) in [7, 11) is 1.51. The lowest BCUT2D eigenvalue weighted by Crippen LogP contribution is -2.51. The molecule has 1 aliphatic carbocycles. The molecule has 0 spiro atoms. The fraction of sp³-hybridized carbons (Fsp3) is 0.625. The summed E-state index contributed by atoms with van der Waals surface area (Å²) in [5, 5.41) is 12.8. The number of aliphatic hydroxyl groups is 1. The van der Waals surface area contributed by atoms with Gasteiger partial charge in [-0.3, -0.25) is 0 Å². The van der Waals surface area contributed by atoms with Gasteiger partial charge in [0.25, 0.3) is 5.88 Å². The summed E-state index contributed by atoms with van der Waals surface area (Å²) in [5.74, 6) is 0.996. The third-order valence-electron chi connectivity index (χ3n) is 2.39. The predicted octanol–water partition coefficient (Wildman–Crippen LogP) is -0.00810. The van der Waals surface area contributed by atoms with Crippen molar-refractivity contribution in [2.75, 3.05) is 7.11 Å². The van der Waals surface area contributed by atoms with Crippen molar-refractivity contribution in [3.05, 3.63) is 11.8 Å². The molecule has 2 rings (SSSR count). The van der Waals surface area contributed by atoms with Crippen LogP contribution in [0.2, 0.25) is 0 Å². The van der Waals surface area contributed by atoms with Gasteiger partial charge in [0.2, 0.25) is 0 Å². The molecule has 5 heteroatoms. The second kappa shape index (κ2) is 2.71. The van der Waals surface area contributed by atoms with E-state index < -0.39 is 5.54 Å². The summed E-state index contributed by atoms with van der Waals surface area (Å²) in [4.78, 5) is 0. The van der Waals surface area contributed by atoms with Crippen LogP contribution in [0.25, 0.3) is 0 Å². The van der Waals surface area contributed by atoms with Crippen molar-refractivity contribution in [1.29, 1.82) is 0 Å². The van der Waals surface area contributed by atoms with E-state index in [1.807, 2.05) is 0 Å². The van der Waals surface area contributed by atoms with Gasteiger partial charge in [-0.2, -0.15) is 0 Å². The highest BCUT2D eigenvalue weighted by atomic mass is 16.5. The molecule has 13 heavy (non-hydrogen) atoms. The Morgan fingerprint density at radius 1 is 1.77 bits per heavy atom. The molecular formula is C8H12N2O3. The Morgan fingerprint density at radius 2 is 2.46 bits per heavy atom. The van der Waals surface area contributed by atoms with E-state index in [2.05, 4.69) is 5.16 Å². The smallest absolute Gasteiger partial charge is 0.254 e. The van der Waals surface area contributed by atoms with Gasteiger partial charge >= 0.3 is 0 Å². The van der Waals surface area contributed by atoms with Crippen molar-refractivity contribution in [3.8, 4) is 5.88 Å². The van der Waals surface area contributed by atoms with Crippen molar-refractivity contribution >= 4 is 0 Å². The molecule has 1 saturated carbocycles. The Bertz CT molecular complexity index is 304. The van der Waals surface area contributed by atoms with E-state index in [9.17, 15) is 0 Å². The number of nitrogens with zero attached hydrogens (tertiary/aromatic N) is 1. The molecule has 0 radical (unpaired) electrons. The molecule has 5 nitrogen and oxygen atoms in total. The first kappa shape index (κ1) is 8.52. The average molecular weight is 184 g/mol. The maximum Gasteiger partial charge on any atom is 0.254 e. The van der Waals surface area contributed by atoms with Gasteiger partial charge in [-0.25, -0.2) is 0 Å². The minimum absolute atomic E-state index is 0.318. The molecule has 0 unspecified atom stereocenters. The number of methoxy groups -OCH3 is 1. The molecule has 72 valence electrons. The zero-order valence-electron chi connectivity index (χ0n) is 7.36. The third-order valence-corrected chi connectivity index (χ3v) is 2.39. The van der Waals surface area contributed by atoms with Gasteiger partial charge in [0.15, 0.2) is 5.76 Å². The maximum atomic E-state index is 9.14. The molecule has 0 bridgehead atoms. The Kier molecular flexibility index (Phi) is 1.78. The van der Waals surface area contributed by atoms with E-state index in [0.29, 0.717) is 24.5 Å². The number of nitrogens with two attached hydrogens (primary N) is 1. The highest BCUT2D eigenvalue weighted by molar-refractivity contribution is 5.22. The van der Waals surface area contributed by atoms with E-state index in [1.165, 1.54) is 7.11 Å². The van der Waals surface area contributed by atoms with Gasteiger partial charge < -0.3 is 20.1 Å². The van der Waals surface area contributed by atoms with Gasteiger partial charge in [0.05, 0.1) is 18.8 Å². The largest absolute Gasteiger partial charge is 0.479 e. The van der Waals surface area contributed by atoms with Crippen LogP contribution in [-0.4, -0.2) is 23.5 Å². The van der Waals surface area contributed by atoms with Crippen LogP contribution in [0, 0.1) is 0 Å². The molecule has 3 N–H and O–H groups in total. The van der Waals surface area contributed by atoms with Crippen molar-refractivity contribution in [3.63, 3.8) is 0 Å². The second-order valence-electron chi connectivity index (χ2n) is 3.45. The van der Waals surface area contributed by atoms with Crippen LogP contribution in [0.4, 0.5) is 0 Å². The van der Waals surface area contributed by atoms with Gasteiger partial charge in [-0.05, 0) is 18.0 Å². The molecule has 1 fully saturated rings. The number of aromatic nitrogens is 1. The lowest BCUT2D eigenvalue weighted by atomic mass is 9.73. The Hall–Kier alpha value is -1.07. The number of rotatable bonds is 2. The highest BCUT2D eigenvalue weighted by Gasteiger charge is 2.44. The lowest BCUT2D eigenvalue weighted by molar-refractivity contribution is 0.00729. The predicted molar refractivity (Wildman–Crippen MR) is 44.2 cm³/mol. The molecule has 0 amide bonds. The minimum atomic E-state index is -0.552. The monoisotopic (exact) mass is 184 g/mol. The molecule has 1 aromatic rings. The molecule has 0 atom stereocenters. The molecular weight excluding hydrogens is 172 g/mol. The van der Waals surface area contributed by atoms with Crippen molar-refractivity contribution in [1.82, 2.24) is 5.16 Å². The number of ether oxygens (including phenoxy) is 1. The fourth-order valence-corrected chi connectivity index (χ4v) is 1.57. The third kappa shape index (κ3) is 1.30. The summed E-state index contributed by atoms with van der Waals surface area (Å²) in [5.41, 5.74) is 5.38. The normalized spacial score (nSPS) is 32.7. The van der Waals surface area contributed by atoms with E-state index in [4.69, 9.17) is 20.1 Å². The first-order chi connectivity index (χ1) is 6.14. The quantitative estimate of drug-likeness (QED) is 0.675. The standard InChI is InChI=1S/C8H12N2O3/c1-12-7-2-6(13-10-7)8(9)3-5(11)4-8/h2,5,11H,3-4,9H2,1H3. The summed E-state index contributed by atoms with van der Waals surface area (Å²) in [6.07, 6.45) is 0.720. The van der Waals surface area contributed by atoms with E-state index in [1.54, 1.807) is 6.07 Å². The molecule has 0 saturated heterocycles.